The molecule has 10 nitrogen and oxygen atoms in total. The summed E-state index contributed by atoms with van der Waals surface area (Å²) in [5, 5.41) is 0.0367. The molecule has 8 rings (SSSR count). The van der Waals surface area contributed by atoms with Crippen LogP contribution in [0, 0.1) is 11.6 Å². The van der Waals surface area contributed by atoms with E-state index in [2.05, 4.69) is 24.9 Å². The van der Waals surface area contributed by atoms with E-state index in [0.29, 0.717) is 34.8 Å². The van der Waals surface area contributed by atoms with Crippen molar-refractivity contribution in [1.82, 2.24) is 29.5 Å². The van der Waals surface area contributed by atoms with E-state index in [9.17, 15) is 0 Å². The maximum absolute atomic E-state index is 16.0. The second-order valence-corrected chi connectivity index (χ2v) is 10.6. The predicted octanol–water partition coefficient (Wildman–Crippen LogP) is 9.21. The van der Waals surface area contributed by atoms with Crippen LogP contribution in [0.3, 0.4) is 0 Å². The van der Waals surface area contributed by atoms with Crippen LogP contribution in [0.25, 0.3) is 27.8 Å². The fraction of sp³-hybridized carbons (Fsp3) is 0. The molecule has 0 aliphatic rings. The van der Waals surface area contributed by atoms with Crippen molar-refractivity contribution in [1.29, 1.82) is 0 Å². The number of rotatable bonds is 9. The Hall–Kier alpha value is -6.95. The SMILES string of the molecule is Fc1cc(Oc2cccc(Oc3ccccn3)c2)cc2c1c1c(F)cc(Oc3cccc(Oc4ccccn4)c3)cc1n2-c1ncncn1. The molecule has 238 valence electrons. The number of hydrogen-bond donors (Lipinski definition) is 0. The van der Waals surface area contributed by atoms with Crippen molar-refractivity contribution in [2.24, 2.45) is 0 Å². The zero-order valence-electron chi connectivity index (χ0n) is 25.3. The van der Waals surface area contributed by atoms with Crippen LogP contribution in [0.4, 0.5) is 8.78 Å². The lowest BCUT2D eigenvalue weighted by Crippen LogP contribution is -2.01. The van der Waals surface area contributed by atoms with Gasteiger partial charge in [0.15, 0.2) is 0 Å². The molecule has 0 saturated carbocycles. The quantitative estimate of drug-likeness (QED) is 0.151. The van der Waals surface area contributed by atoms with Gasteiger partial charge in [0, 0.05) is 71.7 Å². The second kappa shape index (κ2) is 12.7. The number of halogens is 2. The van der Waals surface area contributed by atoms with Gasteiger partial charge in [-0.3, -0.25) is 4.57 Å². The number of aromatic nitrogens is 6. The topological polar surface area (TPSA) is 106 Å². The van der Waals surface area contributed by atoms with E-state index < -0.39 is 11.6 Å². The Morgan fingerprint density at radius 3 is 1.37 bits per heavy atom. The van der Waals surface area contributed by atoms with Gasteiger partial charge in [-0.2, -0.15) is 0 Å². The molecule has 0 N–H and O–H groups in total. The first kappa shape index (κ1) is 29.5. The fourth-order valence-electron chi connectivity index (χ4n) is 5.33. The van der Waals surface area contributed by atoms with Crippen LogP contribution in [0.15, 0.2) is 134 Å². The molecule has 0 fully saturated rings. The molecule has 0 unspecified atom stereocenters. The standard InChI is InChI=1S/C37H22F2N6O4/c38-29-17-27(46-23-7-5-9-25(15-23)48-33-11-1-3-13-41-33)19-31-35(29)36-30(39)18-28(20-32(36)45(31)37-43-21-40-22-44-37)47-24-8-6-10-26(16-24)49-34-12-2-4-14-42-34/h1-22H. The lowest BCUT2D eigenvalue weighted by atomic mass is 10.1. The molecule has 0 aliphatic heterocycles. The summed E-state index contributed by atoms with van der Waals surface area (Å²) >= 11 is 0. The first-order valence-corrected chi connectivity index (χ1v) is 14.9. The first-order chi connectivity index (χ1) is 24.1. The molecule has 4 aromatic heterocycles. The molecule has 4 heterocycles. The normalized spacial score (nSPS) is 11.1. The Kier molecular flexibility index (Phi) is 7.62. The highest BCUT2D eigenvalue weighted by Crippen LogP contribution is 2.40. The molecule has 0 atom stereocenters. The second-order valence-electron chi connectivity index (χ2n) is 10.6. The minimum atomic E-state index is -0.710. The number of fused-ring (bicyclic) bond motifs is 3. The zero-order chi connectivity index (χ0) is 33.2. The van der Waals surface area contributed by atoms with Gasteiger partial charge < -0.3 is 18.9 Å². The average Bonchev–Trinajstić information content (AvgIpc) is 3.45. The average molecular weight is 653 g/mol. The number of benzene rings is 4. The summed E-state index contributed by atoms with van der Waals surface area (Å²) in [5.74, 6) is 1.54. The Labute approximate surface area is 276 Å². The molecule has 0 bridgehead atoms. The summed E-state index contributed by atoms with van der Waals surface area (Å²) < 4.78 is 57.4. The Bertz CT molecular complexity index is 2280. The van der Waals surface area contributed by atoms with Gasteiger partial charge in [0.2, 0.25) is 17.7 Å². The minimum absolute atomic E-state index is 0.0183. The molecule has 0 saturated heterocycles. The molecule has 8 aromatic rings. The lowest BCUT2D eigenvalue weighted by molar-refractivity contribution is 0.447. The van der Waals surface area contributed by atoms with E-state index in [0.717, 1.165) is 0 Å². The van der Waals surface area contributed by atoms with Crippen molar-refractivity contribution in [2.75, 3.05) is 0 Å². The van der Waals surface area contributed by atoms with Gasteiger partial charge in [0.1, 0.15) is 58.8 Å². The molecule has 49 heavy (non-hydrogen) atoms. The highest BCUT2D eigenvalue weighted by atomic mass is 19.1. The van der Waals surface area contributed by atoms with Crippen LogP contribution >= 0.6 is 0 Å². The van der Waals surface area contributed by atoms with Crippen LogP contribution < -0.4 is 18.9 Å². The van der Waals surface area contributed by atoms with E-state index >= 15 is 8.78 Å². The molecule has 4 aromatic carbocycles. The van der Waals surface area contributed by atoms with Gasteiger partial charge in [-0.1, -0.05) is 24.3 Å². The molecule has 0 spiro atoms. The Morgan fingerprint density at radius 2 is 0.918 bits per heavy atom. The van der Waals surface area contributed by atoms with Crippen LogP contribution in [0.1, 0.15) is 0 Å². The van der Waals surface area contributed by atoms with Crippen LogP contribution in [0.5, 0.6) is 46.3 Å². The van der Waals surface area contributed by atoms with E-state index in [1.54, 1.807) is 97.3 Å². The van der Waals surface area contributed by atoms with Crippen LogP contribution in [-0.2, 0) is 0 Å². The maximum atomic E-state index is 16.0. The third kappa shape index (κ3) is 6.13. The number of nitrogens with zero attached hydrogens (tertiary/aromatic N) is 6. The van der Waals surface area contributed by atoms with E-state index in [-0.39, 0.29) is 39.3 Å². The molecule has 0 radical (unpaired) electrons. The monoisotopic (exact) mass is 652 g/mol. The van der Waals surface area contributed by atoms with E-state index in [1.807, 2.05) is 12.1 Å². The molecular weight excluding hydrogens is 630 g/mol. The van der Waals surface area contributed by atoms with E-state index in [4.69, 9.17) is 18.9 Å². The fourth-order valence-corrected chi connectivity index (χ4v) is 5.33. The Morgan fingerprint density at radius 1 is 0.449 bits per heavy atom. The minimum Gasteiger partial charge on any atom is -0.457 e. The third-order valence-corrected chi connectivity index (χ3v) is 7.30. The van der Waals surface area contributed by atoms with Crippen molar-refractivity contribution in [3.8, 4) is 52.2 Å². The summed E-state index contributed by atoms with van der Waals surface area (Å²) in [6, 6.07) is 29.9. The summed E-state index contributed by atoms with van der Waals surface area (Å²) in [6.45, 7) is 0. The van der Waals surface area contributed by atoms with Crippen LogP contribution in [0.2, 0.25) is 0 Å². The van der Waals surface area contributed by atoms with Crippen molar-refractivity contribution in [3.63, 3.8) is 0 Å². The predicted molar refractivity (Wildman–Crippen MR) is 176 cm³/mol. The van der Waals surface area contributed by atoms with Gasteiger partial charge >= 0.3 is 0 Å². The Balaban J connectivity index is 1.18. The highest BCUT2D eigenvalue weighted by Gasteiger charge is 2.23. The van der Waals surface area contributed by atoms with Gasteiger partial charge in [0.05, 0.1) is 11.0 Å². The summed E-state index contributed by atoms with van der Waals surface area (Å²) in [6.07, 6.45) is 5.84. The summed E-state index contributed by atoms with van der Waals surface area (Å²) in [7, 11) is 0. The third-order valence-electron chi connectivity index (χ3n) is 7.30. The molecular formula is C37H22F2N6O4. The highest BCUT2D eigenvalue weighted by molar-refractivity contribution is 6.10. The van der Waals surface area contributed by atoms with Crippen molar-refractivity contribution < 1.29 is 27.7 Å². The van der Waals surface area contributed by atoms with Gasteiger partial charge in [-0.25, -0.2) is 33.7 Å². The summed E-state index contributed by atoms with van der Waals surface area (Å²) in [4.78, 5) is 20.8. The molecule has 12 heteroatoms. The van der Waals surface area contributed by atoms with Crippen molar-refractivity contribution in [2.45, 2.75) is 0 Å². The van der Waals surface area contributed by atoms with Gasteiger partial charge in [0.25, 0.3) is 0 Å². The lowest BCUT2D eigenvalue weighted by Gasteiger charge is -2.10. The van der Waals surface area contributed by atoms with Gasteiger partial charge in [-0.05, 0) is 36.4 Å². The maximum Gasteiger partial charge on any atom is 0.237 e. The summed E-state index contributed by atoms with van der Waals surface area (Å²) in [5.41, 5.74) is 0.526. The van der Waals surface area contributed by atoms with E-state index in [1.165, 1.54) is 29.4 Å². The van der Waals surface area contributed by atoms with Crippen LogP contribution in [-0.4, -0.2) is 29.5 Å². The largest absolute Gasteiger partial charge is 0.457 e. The number of ether oxygens (including phenoxy) is 4. The van der Waals surface area contributed by atoms with Crippen molar-refractivity contribution >= 4 is 21.8 Å². The first-order valence-electron chi connectivity index (χ1n) is 14.9. The molecule has 0 aliphatic carbocycles. The van der Waals surface area contributed by atoms with Gasteiger partial charge in [-0.15, -0.1) is 0 Å². The zero-order valence-corrected chi connectivity index (χ0v) is 25.3. The smallest absolute Gasteiger partial charge is 0.237 e. The number of pyridine rings is 2. The molecule has 0 amide bonds. The van der Waals surface area contributed by atoms with Crippen molar-refractivity contribution in [3.05, 3.63) is 146 Å². The number of hydrogen-bond acceptors (Lipinski definition) is 9.